The van der Waals surface area contributed by atoms with Crippen LogP contribution < -0.4 is 4.72 Å². The van der Waals surface area contributed by atoms with E-state index in [4.69, 9.17) is 0 Å². The summed E-state index contributed by atoms with van der Waals surface area (Å²) in [6.45, 7) is 2.12. The van der Waals surface area contributed by atoms with Gasteiger partial charge < -0.3 is 5.11 Å². The number of carbonyl (C=O) groups excluding carboxylic acids is 2. The van der Waals surface area contributed by atoms with Crippen molar-refractivity contribution in [2.45, 2.75) is 64.4 Å². The molecule has 0 aliphatic heterocycles. The Morgan fingerprint density at radius 2 is 2.04 bits per heavy atom. The normalized spacial score (nSPS) is 21.0. The molecule has 0 unspecified atom stereocenters. The molecule has 2 N–H and O–H groups in total. The lowest BCUT2D eigenvalue weighted by atomic mass is 9.90. The van der Waals surface area contributed by atoms with Gasteiger partial charge in [0.1, 0.15) is 0 Å². The van der Waals surface area contributed by atoms with Crippen molar-refractivity contribution in [3.63, 3.8) is 0 Å². The molecule has 1 rings (SSSR count). The van der Waals surface area contributed by atoms with Crippen LogP contribution in [-0.4, -0.2) is 37.6 Å². The highest BCUT2D eigenvalue weighted by Gasteiger charge is 2.26. The van der Waals surface area contributed by atoms with E-state index in [2.05, 4.69) is 6.92 Å². The number of allylic oxidation sites excluding steroid dienone is 5. The smallest absolute Gasteiger partial charge is 0.233 e. The minimum Gasteiger partial charge on any atom is -0.389 e. The van der Waals surface area contributed by atoms with Gasteiger partial charge in [-0.25, -0.2) is 8.42 Å². The van der Waals surface area contributed by atoms with Crippen LogP contribution in [0.4, 0.5) is 0 Å². The molecule has 1 aliphatic carbocycles. The lowest BCUT2D eigenvalue weighted by Gasteiger charge is -2.13. The Morgan fingerprint density at radius 3 is 2.71 bits per heavy atom. The monoisotopic (exact) mass is 411 g/mol. The minimum absolute atomic E-state index is 0.0628. The Kier molecular flexibility index (Phi) is 11.0. The largest absolute Gasteiger partial charge is 0.389 e. The zero-order valence-corrected chi connectivity index (χ0v) is 17.7. The fourth-order valence-electron chi connectivity index (χ4n) is 3.08. The first kappa shape index (κ1) is 24.3. The number of hydrogen-bond donors (Lipinski definition) is 2. The van der Waals surface area contributed by atoms with Gasteiger partial charge in [0.15, 0.2) is 5.78 Å². The predicted octanol–water partition coefficient (Wildman–Crippen LogP) is 3.05. The molecule has 0 saturated heterocycles. The number of rotatable bonds is 13. The summed E-state index contributed by atoms with van der Waals surface area (Å²) in [5, 5.41) is 9.99. The maximum atomic E-state index is 12.0. The molecule has 0 aromatic rings. The highest BCUT2D eigenvalue weighted by atomic mass is 32.2. The van der Waals surface area contributed by atoms with Crippen molar-refractivity contribution in [1.82, 2.24) is 4.72 Å². The van der Waals surface area contributed by atoms with Crippen molar-refractivity contribution in [1.29, 1.82) is 0 Å². The van der Waals surface area contributed by atoms with E-state index in [0.717, 1.165) is 31.9 Å². The average molecular weight is 412 g/mol. The van der Waals surface area contributed by atoms with Gasteiger partial charge in [0.25, 0.3) is 0 Å². The molecule has 0 bridgehead atoms. The van der Waals surface area contributed by atoms with Crippen LogP contribution in [0.3, 0.4) is 0 Å². The average Bonchev–Trinajstić information content (AvgIpc) is 2.94. The number of aliphatic hydroxyl groups excluding tert-OH is 1. The van der Waals surface area contributed by atoms with Crippen LogP contribution in [0.2, 0.25) is 0 Å². The molecule has 1 aliphatic rings. The summed E-state index contributed by atoms with van der Waals surface area (Å²) in [6.07, 6.45) is 17.4. The van der Waals surface area contributed by atoms with E-state index in [1.165, 1.54) is 0 Å². The van der Waals surface area contributed by atoms with Crippen LogP contribution in [-0.2, 0) is 19.6 Å². The van der Waals surface area contributed by atoms with Crippen molar-refractivity contribution >= 4 is 21.7 Å². The number of aliphatic hydroxyl groups is 1. The van der Waals surface area contributed by atoms with Crippen LogP contribution in [0, 0.1) is 11.8 Å². The molecular formula is C21H33NO5S. The number of sulfonamides is 1. The Balaban J connectivity index is 2.35. The van der Waals surface area contributed by atoms with Crippen molar-refractivity contribution in [2.75, 3.05) is 6.26 Å². The second-order valence-electron chi connectivity index (χ2n) is 7.30. The molecule has 1 amide bonds. The zero-order valence-electron chi connectivity index (χ0n) is 16.8. The van der Waals surface area contributed by atoms with Gasteiger partial charge in [-0.1, -0.05) is 56.6 Å². The van der Waals surface area contributed by atoms with Crippen molar-refractivity contribution in [3.8, 4) is 0 Å². The van der Waals surface area contributed by atoms with E-state index < -0.39 is 22.0 Å². The molecule has 0 aromatic heterocycles. The van der Waals surface area contributed by atoms with Crippen molar-refractivity contribution in [2.24, 2.45) is 11.8 Å². The van der Waals surface area contributed by atoms with Gasteiger partial charge in [-0.05, 0) is 37.7 Å². The summed E-state index contributed by atoms with van der Waals surface area (Å²) in [5.41, 5.74) is 0. The number of unbranched alkanes of at least 4 members (excludes halogenated alkanes) is 3. The van der Waals surface area contributed by atoms with E-state index in [1.807, 2.05) is 29.0 Å². The number of ketones is 1. The van der Waals surface area contributed by atoms with Gasteiger partial charge in [0.2, 0.25) is 15.9 Å². The Bertz CT molecular complexity index is 694. The minimum atomic E-state index is -3.49. The standard InChI is InChI=1S/C21H33NO5S/c1-3-4-7-11-18(23)14-15-19-17(13-16-20(19)24)10-8-5-6-9-12-21(25)22-28(2,26)27/h5,8,13-19,23H,3-4,6-7,9-12H2,1-2H3,(H,22,25)/b8-5-,15-14+/t17-,18-,19+/m0/s1. The summed E-state index contributed by atoms with van der Waals surface area (Å²) >= 11 is 0. The first-order valence-electron chi connectivity index (χ1n) is 9.97. The molecule has 0 radical (unpaired) electrons. The summed E-state index contributed by atoms with van der Waals surface area (Å²) in [7, 11) is -3.49. The van der Waals surface area contributed by atoms with Gasteiger partial charge in [-0.15, -0.1) is 0 Å². The lowest BCUT2D eigenvalue weighted by Crippen LogP contribution is -2.28. The fourth-order valence-corrected chi connectivity index (χ4v) is 3.60. The third-order valence-corrected chi connectivity index (χ3v) is 5.19. The van der Waals surface area contributed by atoms with Gasteiger partial charge in [-0.2, -0.15) is 0 Å². The first-order valence-corrected chi connectivity index (χ1v) is 11.9. The van der Waals surface area contributed by atoms with Gasteiger partial charge in [0.05, 0.1) is 12.4 Å². The maximum absolute atomic E-state index is 12.0. The summed E-state index contributed by atoms with van der Waals surface area (Å²) in [6, 6.07) is 0. The lowest BCUT2D eigenvalue weighted by molar-refractivity contribution is -0.119. The Morgan fingerprint density at radius 1 is 1.29 bits per heavy atom. The number of amides is 1. The molecule has 0 fully saturated rings. The quantitative estimate of drug-likeness (QED) is 0.358. The topological polar surface area (TPSA) is 101 Å². The SMILES string of the molecule is CCCCC[C@H](O)/C=C/[C@H]1C(=O)C=C[C@@H]1C/C=C\CCCC(=O)NS(C)(=O)=O. The molecular weight excluding hydrogens is 378 g/mol. The van der Waals surface area contributed by atoms with Gasteiger partial charge in [0, 0.05) is 12.3 Å². The third-order valence-electron chi connectivity index (χ3n) is 4.59. The molecule has 3 atom stereocenters. The van der Waals surface area contributed by atoms with Gasteiger partial charge >= 0.3 is 0 Å². The number of hydrogen-bond acceptors (Lipinski definition) is 5. The van der Waals surface area contributed by atoms with Crippen molar-refractivity contribution < 1.29 is 23.1 Å². The third kappa shape index (κ3) is 10.6. The molecule has 0 heterocycles. The van der Waals surface area contributed by atoms with Gasteiger partial charge in [-0.3, -0.25) is 14.3 Å². The van der Waals surface area contributed by atoms with Crippen molar-refractivity contribution in [3.05, 3.63) is 36.5 Å². The highest BCUT2D eigenvalue weighted by Crippen LogP contribution is 2.27. The summed E-state index contributed by atoms with van der Waals surface area (Å²) in [4.78, 5) is 23.4. The molecule has 6 nitrogen and oxygen atoms in total. The number of carbonyl (C=O) groups is 2. The van der Waals surface area contributed by atoms with Crippen LogP contribution in [0.1, 0.15) is 58.3 Å². The molecule has 0 aromatic carbocycles. The maximum Gasteiger partial charge on any atom is 0.233 e. The first-order chi connectivity index (χ1) is 13.2. The Hall–Kier alpha value is -1.73. The fraction of sp³-hybridized carbons (Fsp3) is 0.619. The van der Waals surface area contributed by atoms with Crippen LogP contribution in [0.5, 0.6) is 0 Å². The van der Waals surface area contributed by atoms with E-state index in [9.17, 15) is 23.1 Å². The van der Waals surface area contributed by atoms with E-state index in [1.54, 1.807) is 12.2 Å². The molecule has 7 heteroatoms. The molecule has 0 spiro atoms. The van der Waals surface area contributed by atoms with E-state index in [0.29, 0.717) is 19.3 Å². The zero-order chi connectivity index (χ0) is 21.0. The Labute approximate surface area is 168 Å². The second kappa shape index (κ2) is 12.7. The molecule has 28 heavy (non-hydrogen) atoms. The van der Waals surface area contributed by atoms with Crippen LogP contribution >= 0.6 is 0 Å². The second-order valence-corrected chi connectivity index (χ2v) is 9.04. The predicted molar refractivity (Wildman–Crippen MR) is 111 cm³/mol. The van der Waals surface area contributed by atoms with E-state index >= 15 is 0 Å². The van der Waals surface area contributed by atoms with Crippen LogP contribution in [0.15, 0.2) is 36.5 Å². The molecule has 158 valence electrons. The number of nitrogens with one attached hydrogen (secondary N) is 1. The highest BCUT2D eigenvalue weighted by molar-refractivity contribution is 7.89. The molecule has 0 saturated carbocycles. The van der Waals surface area contributed by atoms with E-state index in [-0.39, 0.29) is 24.0 Å². The van der Waals surface area contributed by atoms with Crippen LogP contribution in [0.25, 0.3) is 0 Å². The summed E-state index contributed by atoms with van der Waals surface area (Å²) < 4.78 is 23.8. The summed E-state index contributed by atoms with van der Waals surface area (Å²) in [5.74, 6) is -0.585.